The van der Waals surface area contributed by atoms with Crippen molar-refractivity contribution in [3.8, 4) is 0 Å². The number of guanidine groups is 1. The van der Waals surface area contributed by atoms with Gasteiger partial charge in [-0.05, 0) is 58.5 Å². The van der Waals surface area contributed by atoms with Crippen molar-refractivity contribution in [1.29, 1.82) is 0 Å². The van der Waals surface area contributed by atoms with Crippen molar-refractivity contribution < 1.29 is 9.84 Å². The van der Waals surface area contributed by atoms with Crippen LogP contribution in [0.15, 0.2) is 4.99 Å². The Bertz CT molecular complexity index is 402. The standard InChI is InChI=1S/C19H38N4O2/c1-4-20-18(22-14-19(7-11-24)8-12-25-15-19)21-13-17(3)23-9-5-16(2)6-10-23/h16-17,24H,4-15H2,1-3H3,(H2,20,21,22). The Labute approximate surface area is 153 Å². The molecular formula is C19H38N4O2. The van der Waals surface area contributed by atoms with E-state index in [9.17, 15) is 5.11 Å². The Morgan fingerprint density at radius 3 is 2.72 bits per heavy atom. The molecule has 6 heteroatoms. The molecule has 0 amide bonds. The van der Waals surface area contributed by atoms with Crippen LogP contribution in [0.25, 0.3) is 0 Å². The molecule has 0 spiro atoms. The van der Waals surface area contributed by atoms with Gasteiger partial charge in [0.1, 0.15) is 0 Å². The highest BCUT2D eigenvalue weighted by Gasteiger charge is 2.34. The second-order valence-corrected chi connectivity index (χ2v) is 7.92. The number of nitrogens with one attached hydrogen (secondary N) is 2. The zero-order chi connectivity index (χ0) is 18.1. The van der Waals surface area contributed by atoms with Crippen LogP contribution >= 0.6 is 0 Å². The molecule has 2 unspecified atom stereocenters. The van der Waals surface area contributed by atoms with Gasteiger partial charge in [0, 0.05) is 37.8 Å². The van der Waals surface area contributed by atoms with Crippen LogP contribution in [0, 0.1) is 11.3 Å². The Kier molecular flexibility index (Phi) is 8.46. The molecule has 2 aliphatic heterocycles. The third kappa shape index (κ3) is 6.42. The van der Waals surface area contributed by atoms with Crippen molar-refractivity contribution >= 4 is 5.96 Å². The molecule has 0 saturated carbocycles. The lowest BCUT2D eigenvalue weighted by molar-refractivity contribution is 0.131. The molecule has 2 saturated heterocycles. The molecule has 0 aromatic rings. The van der Waals surface area contributed by atoms with Crippen LogP contribution in [0.3, 0.4) is 0 Å². The minimum absolute atomic E-state index is 0.00568. The summed E-state index contributed by atoms with van der Waals surface area (Å²) in [5.74, 6) is 1.75. The first-order valence-electron chi connectivity index (χ1n) is 10.0. The van der Waals surface area contributed by atoms with Crippen LogP contribution in [-0.4, -0.2) is 74.6 Å². The van der Waals surface area contributed by atoms with Gasteiger partial charge in [-0.3, -0.25) is 9.89 Å². The van der Waals surface area contributed by atoms with Crippen molar-refractivity contribution in [2.45, 2.75) is 52.5 Å². The van der Waals surface area contributed by atoms with Gasteiger partial charge in [0.25, 0.3) is 0 Å². The minimum Gasteiger partial charge on any atom is -0.396 e. The summed E-state index contributed by atoms with van der Waals surface area (Å²) in [6, 6.07) is 0.512. The molecule has 2 heterocycles. The van der Waals surface area contributed by atoms with E-state index < -0.39 is 0 Å². The van der Waals surface area contributed by atoms with E-state index in [0.29, 0.717) is 19.2 Å². The summed E-state index contributed by atoms with van der Waals surface area (Å²) in [5, 5.41) is 16.2. The minimum atomic E-state index is 0.00568. The van der Waals surface area contributed by atoms with E-state index in [2.05, 4.69) is 36.3 Å². The van der Waals surface area contributed by atoms with E-state index in [1.165, 1.54) is 25.9 Å². The molecule has 146 valence electrons. The number of rotatable bonds is 8. The summed E-state index contributed by atoms with van der Waals surface area (Å²) in [5.41, 5.74) is 0.00568. The first kappa shape index (κ1) is 20.5. The Morgan fingerprint density at radius 2 is 2.12 bits per heavy atom. The molecule has 3 N–H and O–H groups in total. The molecule has 0 bridgehead atoms. The van der Waals surface area contributed by atoms with E-state index in [-0.39, 0.29) is 12.0 Å². The number of aliphatic hydroxyl groups excluding tert-OH is 1. The van der Waals surface area contributed by atoms with Crippen LogP contribution in [0.5, 0.6) is 0 Å². The summed E-state index contributed by atoms with van der Waals surface area (Å²) >= 11 is 0. The number of ether oxygens (including phenoxy) is 1. The molecule has 2 atom stereocenters. The molecular weight excluding hydrogens is 316 g/mol. The quantitative estimate of drug-likeness (QED) is 0.455. The zero-order valence-electron chi connectivity index (χ0n) is 16.4. The van der Waals surface area contributed by atoms with E-state index >= 15 is 0 Å². The van der Waals surface area contributed by atoms with E-state index in [1.807, 2.05) is 0 Å². The number of piperidine rings is 1. The Hall–Kier alpha value is -0.850. The summed E-state index contributed by atoms with van der Waals surface area (Å²) in [6.07, 6.45) is 4.36. The molecule has 0 aliphatic carbocycles. The number of hydrogen-bond acceptors (Lipinski definition) is 4. The van der Waals surface area contributed by atoms with Crippen molar-refractivity contribution in [2.24, 2.45) is 16.3 Å². The van der Waals surface area contributed by atoms with Crippen molar-refractivity contribution in [3.05, 3.63) is 0 Å². The van der Waals surface area contributed by atoms with Crippen molar-refractivity contribution in [3.63, 3.8) is 0 Å². The monoisotopic (exact) mass is 354 g/mol. The lowest BCUT2D eigenvalue weighted by atomic mass is 9.84. The molecule has 0 aromatic carbocycles. The summed E-state index contributed by atoms with van der Waals surface area (Å²) in [7, 11) is 0. The zero-order valence-corrected chi connectivity index (χ0v) is 16.4. The number of aliphatic imine (C=N–C) groups is 1. The molecule has 25 heavy (non-hydrogen) atoms. The van der Waals surface area contributed by atoms with Gasteiger partial charge in [0.2, 0.25) is 0 Å². The lowest BCUT2D eigenvalue weighted by Crippen LogP contribution is -2.48. The highest BCUT2D eigenvalue weighted by atomic mass is 16.5. The molecule has 2 fully saturated rings. The van der Waals surface area contributed by atoms with Crippen molar-refractivity contribution in [2.75, 3.05) is 52.5 Å². The van der Waals surface area contributed by atoms with Gasteiger partial charge in [-0.1, -0.05) is 6.92 Å². The van der Waals surface area contributed by atoms with Crippen LogP contribution in [-0.2, 0) is 4.74 Å². The van der Waals surface area contributed by atoms with Crippen LogP contribution < -0.4 is 10.6 Å². The fourth-order valence-corrected chi connectivity index (χ4v) is 3.72. The van der Waals surface area contributed by atoms with Crippen molar-refractivity contribution in [1.82, 2.24) is 15.5 Å². The summed E-state index contributed by atoms with van der Waals surface area (Å²) in [6.45, 7) is 13.3. The molecule has 2 rings (SSSR count). The first-order chi connectivity index (χ1) is 12.1. The predicted molar refractivity (Wildman–Crippen MR) is 103 cm³/mol. The van der Waals surface area contributed by atoms with Crippen LogP contribution in [0.2, 0.25) is 0 Å². The SMILES string of the molecule is CCNC(=NCC1(CCO)CCOC1)NCC(C)N1CCC(C)CC1. The van der Waals surface area contributed by atoms with Crippen LogP contribution in [0.1, 0.15) is 46.5 Å². The van der Waals surface area contributed by atoms with Crippen LogP contribution in [0.4, 0.5) is 0 Å². The maximum absolute atomic E-state index is 9.36. The first-order valence-corrected chi connectivity index (χ1v) is 10.0. The van der Waals surface area contributed by atoms with Gasteiger partial charge in [-0.15, -0.1) is 0 Å². The third-order valence-corrected chi connectivity index (χ3v) is 5.75. The second-order valence-electron chi connectivity index (χ2n) is 7.92. The number of aliphatic hydroxyl groups is 1. The highest BCUT2D eigenvalue weighted by Crippen LogP contribution is 2.32. The Balaban J connectivity index is 1.84. The van der Waals surface area contributed by atoms with Gasteiger partial charge in [-0.2, -0.15) is 0 Å². The van der Waals surface area contributed by atoms with E-state index in [4.69, 9.17) is 9.73 Å². The highest BCUT2D eigenvalue weighted by molar-refractivity contribution is 5.79. The molecule has 0 aromatic heterocycles. The number of likely N-dealkylation sites (tertiary alicyclic amines) is 1. The second kappa shape index (κ2) is 10.3. The third-order valence-electron chi connectivity index (χ3n) is 5.75. The summed E-state index contributed by atoms with van der Waals surface area (Å²) in [4.78, 5) is 7.38. The summed E-state index contributed by atoms with van der Waals surface area (Å²) < 4.78 is 5.56. The normalized spacial score (nSPS) is 27.4. The predicted octanol–water partition coefficient (Wildman–Crippen LogP) is 1.45. The number of hydrogen-bond donors (Lipinski definition) is 3. The average Bonchev–Trinajstić information content (AvgIpc) is 3.07. The number of nitrogens with zero attached hydrogens (tertiary/aromatic N) is 2. The lowest BCUT2D eigenvalue weighted by Gasteiger charge is -2.35. The molecule has 2 aliphatic rings. The van der Waals surface area contributed by atoms with Gasteiger partial charge >= 0.3 is 0 Å². The fourth-order valence-electron chi connectivity index (χ4n) is 3.72. The average molecular weight is 355 g/mol. The van der Waals surface area contributed by atoms with E-state index in [0.717, 1.165) is 44.4 Å². The smallest absolute Gasteiger partial charge is 0.191 e. The Morgan fingerprint density at radius 1 is 1.36 bits per heavy atom. The molecule has 0 radical (unpaired) electrons. The topological polar surface area (TPSA) is 69.1 Å². The van der Waals surface area contributed by atoms with E-state index in [1.54, 1.807) is 0 Å². The maximum Gasteiger partial charge on any atom is 0.191 e. The van der Waals surface area contributed by atoms with Gasteiger partial charge < -0.3 is 20.5 Å². The van der Waals surface area contributed by atoms with Gasteiger partial charge in [0.15, 0.2) is 5.96 Å². The maximum atomic E-state index is 9.36. The van der Waals surface area contributed by atoms with Gasteiger partial charge in [-0.25, -0.2) is 0 Å². The fraction of sp³-hybridized carbons (Fsp3) is 0.947. The largest absolute Gasteiger partial charge is 0.396 e. The molecule has 6 nitrogen and oxygen atoms in total. The van der Waals surface area contributed by atoms with Gasteiger partial charge in [0.05, 0.1) is 13.2 Å².